The van der Waals surface area contributed by atoms with E-state index in [1.807, 2.05) is 0 Å². The highest BCUT2D eigenvalue weighted by Gasteiger charge is 2.34. The van der Waals surface area contributed by atoms with E-state index in [-0.39, 0.29) is 41.3 Å². The lowest BCUT2D eigenvalue weighted by Gasteiger charge is -2.26. The van der Waals surface area contributed by atoms with Gasteiger partial charge >= 0.3 is 0 Å². The number of ketones is 1. The van der Waals surface area contributed by atoms with Gasteiger partial charge in [-0.25, -0.2) is 8.78 Å². The monoisotopic (exact) mass is 615 g/mol. The molecule has 3 amide bonds. The van der Waals surface area contributed by atoms with Crippen molar-refractivity contribution in [2.75, 3.05) is 13.2 Å². The summed E-state index contributed by atoms with van der Waals surface area (Å²) in [6.07, 6.45) is -1.48. The summed E-state index contributed by atoms with van der Waals surface area (Å²) in [5.74, 6) is -12.6. The SMILES string of the molecule is CC(C)C[C@H](NC(=O)[C@H](O)c1cccc(Cl)c1)C(=O)N[C@@H](C[C@@H]1CCNC1=O)C(=O)COc1c(F)c(F)cc(F)c1F. The lowest BCUT2D eigenvalue weighted by atomic mass is 9.95. The Hall–Kier alpha value is -3.71. The molecule has 1 fully saturated rings. The number of carbonyl (C=O) groups excluding carboxylic acids is 4. The Balaban J connectivity index is 1.79. The molecule has 0 unspecified atom stereocenters. The van der Waals surface area contributed by atoms with Crippen molar-refractivity contribution in [2.45, 2.75) is 51.3 Å². The zero-order valence-electron chi connectivity index (χ0n) is 22.7. The quantitative estimate of drug-likeness (QED) is 0.202. The van der Waals surface area contributed by atoms with Gasteiger partial charge in [-0.15, -0.1) is 0 Å². The number of benzene rings is 2. The van der Waals surface area contributed by atoms with E-state index in [9.17, 15) is 41.8 Å². The van der Waals surface area contributed by atoms with E-state index in [1.165, 1.54) is 18.2 Å². The van der Waals surface area contributed by atoms with Crippen molar-refractivity contribution >= 4 is 35.1 Å². The van der Waals surface area contributed by atoms with E-state index in [0.29, 0.717) is 13.0 Å². The van der Waals surface area contributed by atoms with Gasteiger partial charge in [0, 0.05) is 23.6 Å². The van der Waals surface area contributed by atoms with E-state index in [2.05, 4.69) is 16.0 Å². The molecule has 42 heavy (non-hydrogen) atoms. The normalized spacial score (nSPS) is 16.9. The summed E-state index contributed by atoms with van der Waals surface area (Å²) in [7, 11) is 0. The molecule has 14 heteroatoms. The van der Waals surface area contributed by atoms with E-state index in [1.54, 1.807) is 19.9 Å². The zero-order valence-corrected chi connectivity index (χ0v) is 23.4. The number of hydrogen-bond acceptors (Lipinski definition) is 6. The van der Waals surface area contributed by atoms with Crippen LogP contribution in [0.4, 0.5) is 17.6 Å². The summed E-state index contributed by atoms with van der Waals surface area (Å²) in [5, 5.41) is 18.3. The summed E-state index contributed by atoms with van der Waals surface area (Å²) < 4.78 is 60.0. The second-order valence-electron chi connectivity index (χ2n) is 10.3. The summed E-state index contributed by atoms with van der Waals surface area (Å²) in [6.45, 7) is 2.74. The first-order valence-electron chi connectivity index (χ1n) is 13.1. The molecule has 3 rings (SSSR count). The molecule has 9 nitrogen and oxygen atoms in total. The van der Waals surface area contributed by atoms with Gasteiger partial charge in [0.25, 0.3) is 5.91 Å². The van der Waals surface area contributed by atoms with Gasteiger partial charge in [0.15, 0.2) is 29.3 Å². The maximum Gasteiger partial charge on any atom is 0.254 e. The molecule has 4 atom stereocenters. The largest absolute Gasteiger partial charge is 0.479 e. The average molecular weight is 616 g/mol. The molecule has 0 radical (unpaired) electrons. The Bertz CT molecular complexity index is 1320. The average Bonchev–Trinajstić information content (AvgIpc) is 3.34. The third-order valence-electron chi connectivity index (χ3n) is 6.57. The van der Waals surface area contributed by atoms with Crippen molar-refractivity contribution in [3.8, 4) is 5.75 Å². The molecule has 1 aliphatic rings. The Morgan fingerprint density at radius 3 is 2.26 bits per heavy atom. The Labute approximate surface area is 243 Å². The van der Waals surface area contributed by atoms with Gasteiger partial charge in [-0.2, -0.15) is 8.78 Å². The van der Waals surface area contributed by atoms with Gasteiger partial charge in [0.2, 0.25) is 23.4 Å². The molecule has 0 aliphatic carbocycles. The summed E-state index contributed by atoms with van der Waals surface area (Å²) in [4.78, 5) is 51.4. The summed E-state index contributed by atoms with van der Waals surface area (Å²) >= 11 is 5.93. The minimum atomic E-state index is -1.85. The van der Waals surface area contributed by atoms with Gasteiger partial charge in [0.1, 0.15) is 12.6 Å². The van der Waals surface area contributed by atoms with Gasteiger partial charge in [-0.05, 0) is 42.9 Å². The molecule has 1 saturated heterocycles. The number of ether oxygens (including phenoxy) is 1. The smallest absolute Gasteiger partial charge is 0.254 e. The molecular weight excluding hydrogens is 586 g/mol. The fourth-order valence-electron chi connectivity index (χ4n) is 4.40. The van der Waals surface area contributed by atoms with E-state index in [4.69, 9.17) is 16.3 Å². The third kappa shape index (κ3) is 8.41. The number of amides is 3. The van der Waals surface area contributed by atoms with Crippen LogP contribution < -0.4 is 20.7 Å². The minimum Gasteiger partial charge on any atom is -0.479 e. The highest BCUT2D eigenvalue weighted by atomic mass is 35.5. The van der Waals surface area contributed by atoms with Crippen LogP contribution in [0.1, 0.15) is 44.8 Å². The second kappa shape index (κ2) is 14.5. The van der Waals surface area contributed by atoms with Crippen LogP contribution in [0.25, 0.3) is 0 Å². The second-order valence-corrected chi connectivity index (χ2v) is 10.7. The molecule has 0 bridgehead atoms. The van der Waals surface area contributed by atoms with Crippen LogP contribution in [0.15, 0.2) is 30.3 Å². The standard InChI is InChI=1S/C28H30ClF4N3O6/c1-13(2)8-20(36-28(41)24(38)14-4-3-5-16(29)9-14)27(40)35-19(10-15-6-7-34-26(15)39)21(37)12-42-25-22(32)17(30)11-18(31)23(25)33/h3-5,9,11,13,15,19-20,24,38H,6-8,10,12H2,1-2H3,(H,34,39)(H,35,40)(H,36,41)/t15-,19-,20-,24+/m0/s1. The Morgan fingerprint density at radius 1 is 1.05 bits per heavy atom. The number of aliphatic hydroxyl groups excluding tert-OH is 1. The summed E-state index contributed by atoms with van der Waals surface area (Å²) in [6, 6.07) is 3.20. The first kappa shape index (κ1) is 32.8. The van der Waals surface area contributed by atoms with Crippen LogP contribution in [-0.2, 0) is 19.2 Å². The molecule has 2 aromatic carbocycles. The maximum atomic E-state index is 14.0. The first-order chi connectivity index (χ1) is 19.8. The van der Waals surface area contributed by atoms with Crippen molar-refractivity contribution in [2.24, 2.45) is 11.8 Å². The molecule has 228 valence electrons. The van der Waals surface area contributed by atoms with Gasteiger partial charge in [-0.3, -0.25) is 19.2 Å². The minimum absolute atomic E-state index is 0.0203. The van der Waals surface area contributed by atoms with Gasteiger partial charge in [-0.1, -0.05) is 37.6 Å². The molecule has 0 saturated carbocycles. The molecule has 1 heterocycles. The predicted molar refractivity (Wildman–Crippen MR) is 142 cm³/mol. The van der Waals surface area contributed by atoms with E-state index < -0.39 is 77.3 Å². The van der Waals surface area contributed by atoms with Crippen LogP contribution in [0.5, 0.6) is 5.75 Å². The lowest BCUT2D eigenvalue weighted by molar-refractivity contribution is -0.136. The zero-order chi connectivity index (χ0) is 31.1. The number of rotatable bonds is 13. The highest BCUT2D eigenvalue weighted by Crippen LogP contribution is 2.27. The molecule has 4 N–H and O–H groups in total. The molecule has 0 aromatic heterocycles. The molecule has 2 aromatic rings. The third-order valence-corrected chi connectivity index (χ3v) is 6.81. The van der Waals surface area contributed by atoms with Crippen LogP contribution >= 0.6 is 11.6 Å². The number of aliphatic hydroxyl groups is 1. The van der Waals surface area contributed by atoms with Crippen molar-refractivity contribution in [1.29, 1.82) is 0 Å². The van der Waals surface area contributed by atoms with Crippen LogP contribution in [-0.4, -0.2) is 53.8 Å². The fourth-order valence-corrected chi connectivity index (χ4v) is 4.60. The maximum absolute atomic E-state index is 14.0. The van der Waals surface area contributed by atoms with Crippen molar-refractivity contribution in [3.05, 3.63) is 64.2 Å². The Morgan fingerprint density at radius 2 is 1.69 bits per heavy atom. The molecule has 0 spiro atoms. The molecular formula is C28H30ClF4N3O6. The van der Waals surface area contributed by atoms with Crippen LogP contribution in [0, 0.1) is 35.1 Å². The summed E-state index contributed by atoms with van der Waals surface area (Å²) in [5.41, 5.74) is 0.175. The number of halogens is 5. The van der Waals surface area contributed by atoms with Crippen molar-refractivity contribution in [3.63, 3.8) is 0 Å². The number of nitrogens with one attached hydrogen (secondary N) is 3. The van der Waals surface area contributed by atoms with Crippen molar-refractivity contribution < 1.29 is 46.6 Å². The fraction of sp³-hybridized carbons (Fsp3) is 0.429. The first-order valence-corrected chi connectivity index (χ1v) is 13.5. The van der Waals surface area contributed by atoms with Crippen LogP contribution in [0.2, 0.25) is 5.02 Å². The predicted octanol–water partition coefficient (Wildman–Crippen LogP) is 3.12. The number of Topliss-reactive ketones (excluding diaryl/α,β-unsaturated/α-hetero) is 1. The van der Waals surface area contributed by atoms with Crippen molar-refractivity contribution in [1.82, 2.24) is 16.0 Å². The number of carbonyl (C=O) groups is 4. The van der Waals surface area contributed by atoms with Crippen LogP contribution in [0.3, 0.4) is 0 Å². The Kier molecular flexibility index (Phi) is 11.3. The molecule has 1 aliphatic heterocycles. The lowest BCUT2D eigenvalue weighted by Crippen LogP contribution is -2.54. The topological polar surface area (TPSA) is 134 Å². The highest BCUT2D eigenvalue weighted by molar-refractivity contribution is 6.30. The van der Waals surface area contributed by atoms with E-state index >= 15 is 0 Å². The number of hydrogen-bond donors (Lipinski definition) is 4. The van der Waals surface area contributed by atoms with Gasteiger partial charge in [0.05, 0.1) is 6.04 Å². The van der Waals surface area contributed by atoms with E-state index in [0.717, 1.165) is 0 Å². The van der Waals surface area contributed by atoms with Gasteiger partial charge < -0.3 is 25.8 Å².